The number of hydrogen-bond acceptors (Lipinski definition) is 1. The topological polar surface area (TPSA) is 43.1 Å². The smallest absolute Gasteiger partial charge is 0.220 e. The summed E-state index contributed by atoms with van der Waals surface area (Å²) in [6.07, 6.45) is 8.47. The molecule has 1 saturated carbocycles. The second-order valence-electron chi connectivity index (χ2n) is 4.26. The lowest BCUT2D eigenvalue weighted by Crippen LogP contribution is -2.27. The maximum Gasteiger partial charge on any atom is 0.220 e. The lowest BCUT2D eigenvalue weighted by atomic mass is 9.79. The van der Waals surface area contributed by atoms with E-state index in [1.54, 1.807) is 0 Å². The van der Waals surface area contributed by atoms with Crippen molar-refractivity contribution in [1.82, 2.24) is 0 Å². The average molecular weight is 183 g/mol. The van der Waals surface area contributed by atoms with Crippen molar-refractivity contribution < 1.29 is 4.79 Å². The van der Waals surface area contributed by atoms with E-state index in [0.29, 0.717) is 0 Å². The highest BCUT2D eigenvalue weighted by Gasteiger charge is 2.23. The summed E-state index contributed by atoms with van der Waals surface area (Å²) in [5, 5.41) is 0. The summed E-state index contributed by atoms with van der Waals surface area (Å²) in [4.78, 5) is 10.9. The van der Waals surface area contributed by atoms with E-state index in [4.69, 9.17) is 5.73 Å². The van der Waals surface area contributed by atoms with Gasteiger partial charge in [-0.3, -0.25) is 4.79 Å². The third-order valence-corrected chi connectivity index (χ3v) is 3.22. The van der Waals surface area contributed by atoms with Crippen molar-refractivity contribution in [1.29, 1.82) is 0 Å². The van der Waals surface area contributed by atoms with Crippen LogP contribution in [-0.4, -0.2) is 5.91 Å². The number of carbonyl (C=O) groups is 1. The van der Waals surface area contributed by atoms with Crippen LogP contribution in [0.3, 0.4) is 0 Å². The molecule has 0 saturated heterocycles. The molecule has 0 radical (unpaired) electrons. The van der Waals surface area contributed by atoms with Crippen LogP contribution in [0.15, 0.2) is 0 Å². The first kappa shape index (κ1) is 10.6. The van der Waals surface area contributed by atoms with Gasteiger partial charge in [0.1, 0.15) is 0 Å². The minimum Gasteiger partial charge on any atom is -0.369 e. The van der Waals surface area contributed by atoms with Crippen LogP contribution in [0.1, 0.15) is 51.9 Å². The average Bonchev–Trinajstić information content (AvgIpc) is 2.15. The second-order valence-corrected chi connectivity index (χ2v) is 4.26. The van der Waals surface area contributed by atoms with Crippen LogP contribution >= 0.6 is 0 Å². The van der Waals surface area contributed by atoms with E-state index in [1.807, 2.05) is 0 Å². The van der Waals surface area contributed by atoms with E-state index in [2.05, 4.69) is 6.92 Å². The molecule has 2 N–H and O–H groups in total. The van der Waals surface area contributed by atoms with Gasteiger partial charge < -0.3 is 5.73 Å². The number of unbranched alkanes of at least 4 members (excludes halogenated alkanes) is 1. The fourth-order valence-corrected chi connectivity index (χ4v) is 2.23. The molecule has 0 aromatic carbocycles. The Bertz CT molecular complexity index is 159. The highest BCUT2D eigenvalue weighted by Crippen LogP contribution is 2.31. The van der Waals surface area contributed by atoms with Crippen LogP contribution in [0, 0.1) is 11.8 Å². The first-order valence-electron chi connectivity index (χ1n) is 5.53. The van der Waals surface area contributed by atoms with Crippen molar-refractivity contribution in [2.75, 3.05) is 0 Å². The van der Waals surface area contributed by atoms with Gasteiger partial charge in [-0.25, -0.2) is 0 Å². The van der Waals surface area contributed by atoms with Crippen LogP contribution in [0.5, 0.6) is 0 Å². The highest BCUT2D eigenvalue weighted by atomic mass is 16.1. The third kappa shape index (κ3) is 3.37. The van der Waals surface area contributed by atoms with E-state index < -0.39 is 0 Å². The zero-order chi connectivity index (χ0) is 9.68. The van der Waals surface area contributed by atoms with Crippen molar-refractivity contribution in [3.8, 4) is 0 Å². The lowest BCUT2D eigenvalue weighted by molar-refractivity contribution is -0.122. The summed E-state index contributed by atoms with van der Waals surface area (Å²) < 4.78 is 0. The van der Waals surface area contributed by atoms with Crippen LogP contribution in [-0.2, 0) is 4.79 Å². The molecule has 0 spiro atoms. The molecule has 76 valence electrons. The molecule has 2 heteroatoms. The standard InChI is InChI=1S/C11H21NO/c1-2-3-4-9-5-7-10(8-6-9)11(12)13/h9-10H,2-8H2,1H3,(H2,12,13)/t9-,10+. The van der Waals surface area contributed by atoms with Gasteiger partial charge in [0.2, 0.25) is 5.91 Å². The van der Waals surface area contributed by atoms with E-state index in [0.717, 1.165) is 18.8 Å². The predicted molar refractivity (Wildman–Crippen MR) is 54.2 cm³/mol. The van der Waals surface area contributed by atoms with Gasteiger partial charge in [-0.05, 0) is 31.6 Å². The molecule has 0 atom stereocenters. The monoisotopic (exact) mass is 183 g/mol. The van der Waals surface area contributed by atoms with E-state index in [-0.39, 0.29) is 11.8 Å². The van der Waals surface area contributed by atoms with Gasteiger partial charge in [-0.15, -0.1) is 0 Å². The van der Waals surface area contributed by atoms with Crippen molar-refractivity contribution in [3.63, 3.8) is 0 Å². The Labute approximate surface area is 80.9 Å². The maximum absolute atomic E-state index is 10.9. The molecular formula is C11H21NO. The number of hydrogen-bond donors (Lipinski definition) is 1. The first-order valence-corrected chi connectivity index (χ1v) is 5.53. The summed E-state index contributed by atoms with van der Waals surface area (Å²) >= 11 is 0. The summed E-state index contributed by atoms with van der Waals surface area (Å²) in [5.41, 5.74) is 5.27. The van der Waals surface area contributed by atoms with Crippen LogP contribution in [0.4, 0.5) is 0 Å². The molecule has 0 aromatic rings. The van der Waals surface area contributed by atoms with E-state index >= 15 is 0 Å². The number of rotatable bonds is 4. The van der Waals surface area contributed by atoms with Crippen molar-refractivity contribution in [3.05, 3.63) is 0 Å². The molecule has 1 fully saturated rings. The summed E-state index contributed by atoms with van der Waals surface area (Å²) in [7, 11) is 0. The Balaban J connectivity index is 2.18. The Kier molecular flexibility index (Phi) is 4.26. The maximum atomic E-state index is 10.9. The number of primary amides is 1. The number of amides is 1. The van der Waals surface area contributed by atoms with Gasteiger partial charge in [0, 0.05) is 5.92 Å². The van der Waals surface area contributed by atoms with E-state index in [1.165, 1.54) is 32.1 Å². The Morgan fingerprint density at radius 1 is 1.31 bits per heavy atom. The molecule has 1 amide bonds. The van der Waals surface area contributed by atoms with Gasteiger partial charge in [0.15, 0.2) is 0 Å². The van der Waals surface area contributed by atoms with Crippen molar-refractivity contribution in [2.24, 2.45) is 17.6 Å². The second kappa shape index (κ2) is 5.25. The van der Waals surface area contributed by atoms with Crippen LogP contribution in [0.2, 0.25) is 0 Å². The largest absolute Gasteiger partial charge is 0.369 e. The minimum atomic E-state index is -0.0889. The highest BCUT2D eigenvalue weighted by molar-refractivity contribution is 5.76. The van der Waals surface area contributed by atoms with Crippen molar-refractivity contribution >= 4 is 5.91 Å². The number of nitrogens with two attached hydrogens (primary N) is 1. The Morgan fingerprint density at radius 3 is 2.38 bits per heavy atom. The lowest BCUT2D eigenvalue weighted by Gasteiger charge is -2.26. The normalized spacial score (nSPS) is 28.7. The Hall–Kier alpha value is -0.530. The molecule has 0 aromatic heterocycles. The number of carbonyl (C=O) groups excluding carboxylic acids is 1. The third-order valence-electron chi connectivity index (χ3n) is 3.22. The molecule has 2 nitrogen and oxygen atoms in total. The van der Waals surface area contributed by atoms with Gasteiger partial charge in [0.25, 0.3) is 0 Å². The molecule has 1 aliphatic rings. The fraction of sp³-hybridized carbons (Fsp3) is 0.909. The quantitative estimate of drug-likeness (QED) is 0.714. The molecule has 0 unspecified atom stereocenters. The predicted octanol–water partition coefficient (Wildman–Crippen LogP) is 2.47. The zero-order valence-corrected chi connectivity index (χ0v) is 8.59. The minimum absolute atomic E-state index is 0.0889. The molecular weight excluding hydrogens is 162 g/mol. The summed E-state index contributed by atoms with van der Waals surface area (Å²) in [6, 6.07) is 0. The van der Waals surface area contributed by atoms with Crippen LogP contribution in [0.25, 0.3) is 0 Å². The SMILES string of the molecule is CCCC[C@H]1CC[C@@H](C(N)=O)CC1. The van der Waals surface area contributed by atoms with Crippen molar-refractivity contribution in [2.45, 2.75) is 51.9 Å². The molecule has 1 rings (SSSR count). The first-order chi connectivity index (χ1) is 6.24. The molecule has 0 heterocycles. The van der Waals surface area contributed by atoms with E-state index in [9.17, 15) is 4.79 Å². The molecule has 0 bridgehead atoms. The van der Waals surface area contributed by atoms with Gasteiger partial charge in [-0.1, -0.05) is 26.2 Å². The summed E-state index contributed by atoms with van der Waals surface area (Å²) in [5.74, 6) is 0.961. The van der Waals surface area contributed by atoms with Gasteiger partial charge in [-0.2, -0.15) is 0 Å². The molecule has 0 aliphatic heterocycles. The fourth-order valence-electron chi connectivity index (χ4n) is 2.23. The van der Waals surface area contributed by atoms with Crippen LogP contribution < -0.4 is 5.73 Å². The van der Waals surface area contributed by atoms with Gasteiger partial charge in [0.05, 0.1) is 0 Å². The zero-order valence-electron chi connectivity index (χ0n) is 8.59. The van der Waals surface area contributed by atoms with Gasteiger partial charge >= 0.3 is 0 Å². The summed E-state index contributed by atoms with van der Waals surface area (Å²) in [6.45, 7) is 2.23. The Morgan fingerprint density at radius 2 is 1.92 bits per heavy atom. The molecule has 13 heavy (non-hydrogen) atoms. The molecule has 1 aliphatic carbocycles.